The van der Waals surface area contributed by atoms with Crippen LogP contribution in [0.15, 0.2) is 20.9 Å². The molecule has 1 aliphatic rings. The van der Waals surface area contributed by atoms with Crippen LogP contribution in [0.1, 0.15) is 34.6 Å². The number of allylic oxidation sites excluding steroid dienone is 4. The van der Waals surface area contributed by atoms with E-state index in [2.05, 4.69) is 52.9 Å². The van der Waals surface area contributed by atoms with Crippen molar-refractivity contribution in [3.05, 3.63) is 20.9 Å². The van der Waals surface area contributed by atoms with E-state index in [0.717, 1.165) is 0 Å². The zero-order chi connectivity index (χ0) is 8.81. The Bertz CT molecular complexity index is 236. The molecule has 80 valence electrons. The summed E-state index contributed by atoms with van der Waals surface area (Å²) in [7, 11) is 0. The van der Waals surface area contributed by atoms with Gasteiger partial charge in [-0.05, 0) is 0 Å². The molecule has 1 aliphatic carbocycles. The molecule has 1 rings (SSSR count). The molecule has 0 fully saturated rings. The van der Waals surface area contributed by atoms with Crippen molar-refractivity contribution in [3.63, 3.8) is 0 Å². The number of hydrogen-bond donors (Lipinski definition) is 0. The molecule has 0 atom stereocenters. The predicted molar refractivity (Wildman–Crippen MR) is 49.9 cm³/mol. The van der Waals surface area contributed by atoms with Crippen LogP contribution in [-0.2, 0) is 18.3 Å². The van der Waals surface area contributed by atoms with Crippen LogP contribution in [0.2, 0.25) is 0 Å². The van der Waals surface area contributed by atoms with Crippen molar-refractivity contribution in [1.29, 1.82) is 0 Å². The molecule has 13 heavy (non-hydrogen) atoms. The van der Waals surface area contributed by atoms with Crippen LogP contribution in [0.4, 0.5) is 9.41 Å². The van der Waals surface area contributed by atoms with E-state index < -0.39 is 0 Å². The monoisotopic (exact) mass is 278 g/mol. The third-order valence-corrected chi connectivity index (χ3v) is 4.53. The molecule has 3 heteroatoms. The first-order chi connectivity index (χ1) is 4.89. The molecular formula is C10H17F2Rh. The Morgan fingerprint density at radius 2 is 1.31 bits per heavy atom. The van der Waals surface area contributed by atoms with Crippen molar-refractivity contribution in [3.8, 4) is 0 Å². The molecule has 0 radical (unpaired) electrons. The van der Waals surface area contributed by atoms with E-state index in [4.69, 9.17) is 0 Å². The third-order valence-electron chi connectivity index (χ3n) is 2.90. The van der Waals surface area contributed by atoms with Crippen molar-refractivity contribution in [2.75, 3.05) is 0 Å². The van der Waals surface area contributed by atoms with Crippen LogP contribution >= 0.6 is 0 Å². The smallest absolute Gasteiger partial charge is 0.269 e. The zero-order valence-corrected chi connectivity index (χ0v) is 10.3. The normalized spacial score (nSPS) is 19.9. The molecular weight excluding hydrogens is 261 g/mol. The number of rotatable bonds is 0. The molecule has 0 nitrogen and oxygen atoms in total. The summed E-state index contributed by atoms with van der Waals surface area (Å²) in [5.74, 6) is 0. The minimum Gasteiger partial charge on any atom is -0.269 e. The summed E-state index contributed by atoms with van der Waals surface area (Å²) >= 11 is 3.07. The summed E-state index contributed by atoms with van der Waals surface area (Å²) in [5.41, 5.74) is 4.68. The maximum absolute atomic E-state index is 3.07. The minimum absolute atomic E-state index is 0. The molecule has 0 unspecified atom stereocenters. The molecule has 0 spiro atoms. The van der Waals surface area contributed by atoms with Crippen molar-refractivity contribution in [2.45, 2.75) is 34.6 Å². The predicted octanol–water partition coefficient (Wildman–Crippen LogP) is 3.49. The quantitative estimate of drug-likeness (QED) is 0.595. The first kappa shape index (κ1) is 15.4. The van der Waals surface area contributed by atoms with Gasteiger partial charge in [0.2, 0.25) is 0 Å². The van der Waals surface area contributed by atoms with E-state index in [-0.39, 0.29) is 14.8 Å². The van der Waals surface area contributed by atoms with Gasteiger partial charge in [-0.2, -0.15) is 0 Å². The Labute approximate surface area is 88.9 Å². The molecule has 0 N–H and O–H groups in total. The minimum atomic E-state index is 0. The Morgan fingerprint density at radius 1 is 0.923 bits per heavy atom. The zero-order valence-electron chi connectivity index (χ0n) is 8.65. The van der Waals surface area contributed by atoms with Gasteiger partial charge in [0.25, 0.3) is 0 Å². The molecule has 0 aromatic carbocycles. The molecule has 0 saturated carbocycles. The maximum atomic E-state index is 3.07. The Balaban J connectivity index is 0. The molecule has 0 bridgehead atoms. The largest absolute Gasteiger partial charge is 0.269 e. The van der Waals surface area contributed by atoms with Gasteiger partial charge < -0.3 is 0 Å². The topological polar surface area (TPSA) is 0 Å². The van der Waals surface area contributed by atoms with Gasteiger partial charge in [-0.25, -0.2) is 0 Å². The van der Waals surface area contributed by atoms with Gasteiger partial charge in [0.15, 0.2) is 0 Å². The summed E-state index contributed by atoms with van der Waals surface area (Å²) in [5, 5.41) is 0. The molecule has 0 aliphatic heterocycles. The molecule has 0 aromatic rings. The Hall–Kier alpha value is -0.0366. The molecule has 0 heterocycles. The van der Waals surface area contributed by atoms with Gasteiger partial charge in [-0.3, -0.25) is 9.41 Å². The summed E-state index contributed by atoms with van der Waals surface area (Å²) in [4.78, 5) is 0. The maximum Gasteiger partial charge on any atom is -0.269 e. The summed E-state index contributed by atoms with van der Waals surface area (Å²) in [6.45, 7) is 11.2. The van der Waals surface area contributed by atoms with E-state index >= 15 is 0 Å². The van der Waals surface area contributed by atoms with E-state index in [1.807, 2.05) is 0 Å². The van der Waals surface area contributed by atoms with Crippen LogP contribution in [0.25, 0.3) is 0 Å². The second-order valence-electron chi connectivity index (χ2n) is 3.79. The molecule has 0 aromatic heterocycles. The summed E-state index contributed by atoms with van der Waals surface area (Å²) < 4.78 is 1.42. The van der Waals surface area contributed by atoms with Gasteiger partial charge in [0.05, 0.1) is 0 Å². The van der Waals surface area contributed by atoms with E-state index in [1.165, 1.54) is 20.9 Å². The van der Waals surface area contributed by atoms with Crippen molar-refractivity contribution in [2.24, 2.45) is 5.41 Å². The van der Waals surface area contributed by atoms with Gasteiger partial charge in [0, 0.05) is 0 Å². The van der Waals surface area contributed by atoms with Crippen molar-refractivity contribution >= 4 is 0 Å². The summed E-state index contributed by atoms with van der Waals surface area (Å²) in [6.07, 6.45) is 0. The van der Waals surface area contributed by atoms with Crippen LogP contribution in [0.5, 0.6) is 0 Å². The second kappa shape index (κ2) is 4.46. The van der Waals surface area contributed by atoms with Gasteiger partial charge in [0.1, 0.15) is 0 Å². The van der Waals surface area contributed by atoms with Crippen LogP contribution in [-0.4, -0.2) is 0 Å². The average molecular weight is 278 g/mol. The first-order valence-electron chi connectivity index (χ1n) is 3.92. The Morgan fingerprint density at radius 3 is 1.38 bits per heavy atom. The SMILES string of the molecule is CC1=C(C)C(C)(C)[C]([Rh])=C1C.F.F. The van der Waals surface area contributed by atoms with Crippen LogP contribution in [0.3, 0.4) is 0 Å². The van der Waals surface area contributed by atoms with E-state index in [0.29, 0.717) is 0 Å². The van der Waals surface area contributed by atoms with E-state index in [9.17, 15) is 0 Å². The first-order valence-corrected chi connectivity index (χ1v) is 4.74. The van der Waals surface area contributed by atoms with Gasteiger partial charge in [-0.1, -0.05) is 0 Å². The fourth-order valence-electron chi connectivity index (χ4n) is 1.53. The second-order valence-corrected chi connectivity index (χ2v) is 4.61. The van der Waals surface area contributed by atoms with Crippen LogP contribution < -0.4 is 0 Å². The third kappa shape index (κ3) is 2.07. The number of halogens is 2. The fourth-order valence-corrected chi connectivity index (χ4v) is 2.15. The standard InChI is InChI=1S/C10H15.2FH.Rh/c1-7-6-10(4,5)9(3)8(7)2;;;/h1-5H3;2*1H;. The molecule has 0 saturated heterocycles. The van der Waals surface area contributed by atoms with Gasteiger partial charge in [-0.15, -0.1) is 0 Å². The fraction of sp³-hybridized carbons (Fsp3) is 0.600. The number of hydrogen-bond acceptors (Lipinski definition) is 0. The molecule has 0 amide bonds. The van der Waals surface area contributed by atoms with E-state index in [1.54, 1.807) is 0 Å². The Kier molecular flexibility index (Phi) is 5.29. The van der Waals surface area contributed by atoms with Crippen molar-refractivity contribution < 1.29 is 27.7 Å². The van der Waals surface area contributed by atoms with Crippen molar-refractivity contribution in [1.82, 2.24) is 0 Å². The summed E-state index contributed by atoms with van der Waals surface area (Å²) in [6, 6.07) is 0. The van der Waals surface area contributed by atoms with Gasteiger partial charge >= 0.3 is 79.2 Å². The average Bonchev–Trinajstić information content (AvgIpc) is 2.06. The van der Waals surface area contributed by atoms with Crippen LogP contribution in [0, 0.1) is 5.41 Å².